The van der Waals surface area contributed by atoms with Gasteiger partial charge in [-0.3, -0.25) is 4.21 Å². The van der Waals surface area contributed by atoms with E-state index >= 15 is 0 Å². The summed E-state index contributed by atoms with van der Waals surface area (Å²) in [5.41, 5.74) is 0.453. The zero-order valence-corrected chi connectivity index (χ0v) is 12.7. The number of hydrogen-bond donors (Lipinski definition) is 1. The van der Waals surface area contributed by atoms with Crippen LogP contribution in [0, 0.1) is 0 Å². The first kappa shape index (κ1) is 15.7. The van der Waals surface area contributed by atoms with Gasteiger partial charge >= 0.3 is 6.09 Å². The summed E-state index contributed by atoms with van der Waals surface area (Å²) >= 11 is 0. The van der Waals surface area contributed by atoms with Crippen LogP contribution in [0.1, 0.15) is 33.3 Å². The van der Waals surface area contributed by atoms with Gasteiger partial charge in [-0.2, -0.15) is 0 Å². The van der Waals surface area contributed by atoms with E-state index in [0.29, 0.717) is 12.3 Å². The minimum absolute atomic E-state index is 0.397. The van der Waals surface area contributed by atoms with Crippen molar-refractivity contribution in [3.05, 3.63) is 29.8 Å². The minimum Gasteiger partial charge on any atom is -0.444 e. The summed E-state index contributed by atoms with van der Waals surface area (Å²) in [6, 6.07) is 7.37. The van der Waals surface area contributed by atoms with Gasteiger partial charge in [0.15, 0.2) is 0 Å². The van der Waals surface area contributed by atoms with Crippen molar-refractivity contribution in [3.63, 3.8) is 0 Å². The van der Waals surface area contributed by atoms with Crippen LogP contribution in [0.5, 0.6) is 0 Å². The fraction of sp³-hybridized carbons (Fsp3) is 0.500. The van der Waals surface area contributed by atoms with E-state index in [9.17, 15) is 9.00 Å². The number of alkyl carbamates (subject to hydrolysis) is 1. The van der Waals surface area contributed by atoms with Crippen LogP contribution in [-0.2, 0) is 22.1 Å². The van der Waals surface area contributed by atoms with Gasteiger partial charge in [-0.25, -0.2) is 4.79 Å². The molecule has 0 bridgehead atoms. The highest BCUT2D eigenvalue weighted by Crippen LogP contribution is 2.10. The number of nitrogens with one attached hydrogen (secondary N) is 1. The fourth-order valence-corrected chi connectivity index (χ4v) is 2.19. The molecule has 1 N–H and O–H groups in total. The van der Waals surface area contributed by atoms with Crippen molar-refractivity contribution in [2.24, 2.45) is 0 Å². The predicted octanol–water partition coefficient (Wildman–Crippen LogP) is 2.84. The van der Waals surface area contributed by atoms with Crippen LogP contribution in [0.25, 0.3) is 0 Å². The fourth-order valence-electron chi connectivity index (χ4n) is 1.41. The van der Waals surface area contributed by atoms with Gasteiger partial charge < -0.3 is 10.1 Å². The minimum atomic E-state index is -0.937. The van der Waals surface area contributed by atoms with Crippen molar-refractivity contribution >= 4 is 16.9 Å². The number of ether oxygens (including phenoxy) is 1. The third-order valence-corrected chi connectivity index (χ3v) is 3.61. The van der Waals surface area contributed by atoms with Gasteiger partial charge in [-0.1, -0.05) is 19.1 Å². The molecule has 1 unspecified atom stereocenters. The average Bonchev–Trinajstić information content (AvgIpc) is 2.34. The van der Waals surface area contributed by atoms with E-state index in [0.717, 1.165) is 10.5 Å². The summed E-state index contributed by atoms with van der Waals surface area (Å²) in [5, 5.41) is 2.68. The molecule has 19 heavy (non-hydrogen) atoms. The smallest absolute Gasteiger partial charge is 0.407 e. The van der Waals surface area contributed by atoms with E-state index in [2.05, 4.69) is 5.32 Å². The molecule has 1 amide bonds. The molecule has 0 aromatic heterocycles. The van der Waals surface area contributed by atoms with E-state index < -0.39 is 22.5 Å². The number of amides is 1. The van der Waals surface area contributed by atoms with Gasteiger partial charge in [-0.15, -0.1) is 0 Å². The molecule has 1 aromatic rings. The molecule has 1 rings (SSSR count). The topological polar surface area (TPSA) is 55.4 Å². The lowest BCUT2D eigenvalue weighted by molar-refractivity contribution is 0.0523. The molecule has 4 nitrogen and oxygen atoms in total. The van der Waals surface area contributed by atoms with E-state index in [1.54, 1.807) is 0 Å². The van der Waals surface area contributed by atoms with Gasteiger partial charge in [0.2, 0.25) is 0 Å². The lowest BCUT2D eigenvalue weighted by Gasteiger charge is -2.19. The largest absolute Gasteiger partial charge is 0.444 e. The lowest BCUT2D eigenvalue weighted by Crippen LogP contribution is -2.32. The first-order chi connectivity index (χ1) is 8.81. The Hall–Kier alpha value is -1.36. The summed E-state index contributed by atoms with van der Waals surface area (Å²) in [6.07, 6.45) is -0.436. The molecule has 0 radical (unpaired) electrons. The van der Waals surface area contributed by atoms with Crippen molar-refractivity contribution in [2.75, 3.05) is 5.75 Å². The number of rotatable bonds is 4. The molecule has 0 aliphatic heterocycles. The quantitative estimate of drug-likeness (QED) is 0.924. The van der Waals surface area contributed by atoms with Crippen LogP contribution in [0.4, 0.5) is 4.79 Å². The Labute approximate surface area is 117 Å². The molecule has 0 saturated heterocycles. The van der Waals surface area contributed by atoms with Crippen LogP contribution in [0.2, 0.25) is 0 Å². The molecule has 0 saturated carbocycles. The molecule has 0 heterocycles. The zero-order valence-electron chi connectivity index (χ0n) is 11.9. The number of hydrogen-bond acceptors (Lipinski definition) is 3. The summed E-state index contributed by atoms with van der Waals surface area (Å²) < 4.78 is 16.7. The van der Waals surface area contributed by atoms with Crippen molar-refractivity contribution in [3.8, 4) is 0 Å². The normalized spacial score (nSPS) is 12.8. The van der Waals surface area contributed by atoms with Crippen LogP contribution in [0.3, 0.4) is 0 Å². The molecule has 0 aliphatic carbocycles. The number of benzene rings is 1. The Balaban J connectivity index is 2.50. The highest BCUT2D eigenvalue weighted by Gasteiger charge is 2.15. The maximum Gasteiger partial charge on any atom is 0.407 e. The van der Waals surface area contributed by atoms with Crippen molar-refractivity contribution < 1.29 is 13.7 Å². The predicted molar refractivity (Wildman–Crippen MR) is 76.5 cm³/mol. The number of carbonyl (C=O) groups is 1. The van der Waals surface area contributed by atoms with Crippen LogP contribution >= 0.6 is 0 Å². The standard InChI is InChI=1S/C14H21NO3S/c1-5-19(17)12-8-6-11(7-9-12)10-15-13(16)18-14(2,3)4/h6-9H,5,10H2,1-4H3,(H,15,16). The molecule has 0 fully saturated rings. The first-order valence-electron chi connectivity index (χ1n) is 6.26. The van der Waals surface area contributed by atoms with Gasteiger partial charge in [0.1, 0.15) is 5.60 Å². The van der Waals surface area contributed by atoms with Gasteiger partial charge in [0, 0.05) is 17.2 Å². The third-order valence-electron chi connectivity index (χ3n) is 2.28. The second-order valence-electron chi connectivity index (χ2n) is 5.13. The Kier molecular flexibility index (Phi) is 5.54. The molecule has 1 atom stereocenters. The second kappa shape index (κ2) is 6.70. The van der Waals surface area contributed by atoms with Gasteiger partial charge in [0.25, 0.3) is 0 Å². The maximum absolute atomic E-state index is 11.6. The van der Waals surface area contributed by atoms with Gasteiger partial charge in [0.05, 0.1) is 10.8 Å². The molecule has 1 aromatic carbocycles. The average molecular weight is 283 g/mol. The number of carbonyl (C=O) groups excluding carboxylic acids is 1. The SMILES string of the molecule is CCS(=O)c1ccc(CNC(=O)OC(C)(C)C)cc1. The summed E-state index contributed by atoms with van der Waals surface area (Å²) in [4.78, 5) is 12.3. The Morgan fingerprint density at radius 2 is 1.84 bits per heavy atom. The summed E-state index contributed by atoms with van der Waals surface area (Å²) in [6.45, 7) is 7.74. The van der Waals surface area contributed by atoms with E-state index in [1.165, 1.54) is 0 Å². The summed E-state index contributed by atoms with van der Waals surface area (Å²) in [7, 11) is -0.937. The Morgan fingerprint density at radius 1 is 1.26 bits per heavy atom. The molecular weight excluding hydrogens is 262 g/mol. The first-order valence-corrected chi connectivity index (χ1v) is 7.58. The molecule has 106 valence electrons. The molecule has 5 heteroatoms. The molecular formula is C14H21NO3S. The van der Waals surface area contributed by atoms with Crippen molar-refractivity contribution in [2.45, 2.75) is 44.7 Å². The zero-order chi connectivity index (χ0) is 14.5. The highest BCUT2D eigenvalue weighted by molar-refractivity contribution is 7.85. The van der Waals surface area contributed by atoms with Crippen molar-refractivity contribution in [1.29, 1.82) is 0 Å². The monoisotopic (exact) mass is 283 g/mol. The summed E-state index contributed by atoms with van der Waals surface area (Å²) in [5.74, 6) is 0.607. The van der Waals surface area contributed by atoms with Gasteiger partial charge in [-0.05, 0) is 38.5 Å². The van der Waals surface area contributed by atoms with E-state index in [-0.39, 0.29) is 0 Å². The third kappa shape index (κ3) is 5.87. The maximum atomic E-state index is 11.6. The molecule has 0 aliphatic rings. The second-order valence-corrected chi connectivity index (χ2v) is 6.87. The van der Waals surface area contributed by atoms with Crippen LogP contribution in [-0.4, -0.2) is 21.7 Å². The Bertz CT molecular complexity index is 449. The van der Waals surface area contributed by atoms with E-state index in [4.69, 9.17) is 4.74 Å². The van der Waals surface area contributed by atoms with Crippen LogP contribution < -0.4 is 5.32 Å². The lowest BCUT2D eigenvalue weighted by atomic mass is 10.2. The Morgan fingerprint density at radius 3 is 2.32 bits per heavy atom. The van der Waals surface area contributed by atoms with Crippen LogP contribution in [0.15, 0.2) is 29.2 Å². The van der Waals surface area contributed by atoms with Crippen molar-refractivity contribution in [1.82, 2.24) is 5.32 Å². The highest BCUT2D eigenvalue weighted by atomic mass is 32.2. The van der Waals surface area contributed by atoms with E-state index in [1.807, 2.05) is 52.0 Å². The molecule has 0 spiro atoms.